The van der Waals surface area contributed by atoms with Crippen LogP contribution in [-0.2, 0) is 4.79 Å². The lowest BCUT2D eigenvalue weighted by atomic mass is 9.95. The van der Waals surface area contributed by atoms with E-state index in [1.807, 2.05) is 11.8 Å². The molecule has 1 aliphatic carbocycles. The molecule has 1 saturated carbocycles. The Labute approximate surface area is 111 Å². The maximum absolute atomic E-state index is 11.5. The number of carbonyl (C=O) groups is 2. The topological polar surface area (TPSA) is 58.2 Å². The zero-order valence-corrected chi connectivity index (χ0v) is 11.7. The average Bonchev–Trinajstić information content (AvgIpc) is 2.28. The molecule has 1 fully saturated rings. The van der Waals surface area contributed by atoms with Crippen molar-refractivity contribution in [2.24, 2.45) is 0 Å². The molecule has 0 aromatic carbocycles. The van der Waals surface area contributed by atoms with Gasteiger partial charge in [0.25, 0.3) is 0 Å². The highest BCUT2D eigenvalue weighted by atomic mass is 35.5. The smallest absolute Gasteiger partial charge is 0.321 e. The van der Waals surface area contributed by atoms with Crippen LogP contribution in [0.4, 0.5) is 4.79 Å². The molecule has 0 spiro atoms. The highest BCUT2D eigenvalue weighted by Gasteiger charge is 2.23. The molecule has 0 aromatic rings. The van der Waals surface area contributed by atoms with Crippen LogP contribution < -0.4 is 10.6 Å². The fraction of sp³-hybridized carbons (Fsp3) is 0.818. The quantitative estimate of drug-likeness (QED) is 0.778. The van der Waals surface area contributed by atoms with Crippen molar-refractivity contribution in [1.82, 2.24) is 10.6 Å². The molecule has 0 saturated heterocycles. The summed E-state index contributed by atoms with van der Waals surface area (Å²) in [7, 11) is 0. The zero-order valence-electron chi connectivity index (χ0n) is 10.2. The van der Waals surface area contributed by atoms with Gasteiger partial charge in [-0.3, -0.25) is 10.1 Å². The number of alkyl halides is 1. The van der Waals surface area contributed by atoms with Gasteiger partial charge in [-0.25, -0.2) is 4.79 Å². The predicted octanol–water partition coefficient (Wildman–Crippen LogP) is 2.11. The van der Waals surface area contributed by atoms with Gasteiger partial charge >= 0.3 is 6.03 Å². The maximum Gasteiger partial charge on any atom is 0.321 e. The van der Waals surface area contributed by atoms with E-state index in [1.54, 1.807) is 0 Å². The highest BCUT2D eigenvalue weighted by molar-refractivity contribution is 7.99. The van der Waals surface area contributed by atoms with Crippen molar-refractivity contribution < 1.29 is 9.59 Å². The van der Waals surface area contributed by atoms with Gasteiger partial charge in [0.1, 0.15) is 5.38 Å². The average molecular weight is 279 g/mol. The summed E-state index contributed by atoms with van der Waals surface area (Å²) in [4.78, 5) is 22.7. The van der Waals surface area contributed by atoms with Gasteiger partial charge in [-0.15, -0.1) is 11.6 Å². The van der Waals surface area contributed by atoms with E-state index in [0.29, 0.717) is 5.25 Å². The Balaban J connectivity index is 2.33. The SMILES string of the molecule is CSC1CCCC(NC(=O)NC(=O)C(C)Cl)C1. The van der Waals surface area contributed by atoms with Crippen molar-refractivity contribution in [3.63, 3.8) is 0 Å². The number of hydrogen-bond acceptors (Lipinski definition) is 3. The number of halogens is 1. The summed E-state index contributed by atoms with van der Waals surface area (Å²) >= 11 is 7.40. The monoisotopic (exact) mass is 278 g/mol. The summed E-state index contributed by atoms with van der Waals surface area (Å²) < 4.78 is 0. The van der Waals surface area contributed by atoms with E-state index in [1.165, 1.54) is 13.3 Å². The summed E-state index contributed by atoms with van der Waals surface area (Å²) in [5, 5.41) is 4.98. The minimum Gasteiger partial charge on any atom is -0.335 e. The van der Waals surface area contributed by atoms with Gasteiger partial charge in [0.2, 0.25) is 5.91 Å². The summed E-state index contributed by atoms with van der Waals surface area (Å²) in [5.74, 6) is -0.457. The van der Waals surface area contributed by atoms with E-state index in [9.17, 15) is 9.59 Å². The molecule has 3 amide bonds. The summed E-state index contributed by atoms with van der Waals surface area (Å²) in [5.41, 5.74) is 0. The second-order valence-electron chi connectivity index (χ2n) is 4.30. The van der Waals surface area contributed by atoms with Crippen LogP contribution in [0.2, 0.25) is 0 Å². The number of imide groups is 1. The summed E-state index contributed by atoms with van der Waals surface area (Å²) in [6.45, 7) is 1.54. The largest absolute Gasteiger partial charge is 0.335 e. The standard InChI is InChI=1S/C11H19ClN2O2S/c1-7(12)10(15)14-11(16)13-8-4-3-5-9(6-8)17-2/h7-9H,3-6H2,1-2H3,(H2,13,14,15,16). The fourth-order valence-corrected chi connectivity index (χ4v) is 2.80. The molecular weight excluding hydrogens is 260 g/mol. The number of hydrogen-bond donors (Lipinski definition) is 2. The third-order valence-electron chi connectivity index (χ3n) is 2.89. The Kier molecular flexibility index (Phi) is 6.12. The van der Waals surface area contributed by atoms with E-state index < -0.39 is 17.3 Å². The maximum atomic E-state index is 11.5. The molecule has 2 N–H and O–H groups in total. The van der Waals surface area contributed by atoms with E-state index >= 15 is 0 Å². The van der Waals surface area contributed by atoms with Gasteiger partial charge in [0.05, 0.1) is 0 Å². The van der Waals surface area contributed by atoms with Crippen LogP contribution in [0.5, 0.6) is 0 Å². The van der Waals surface area contributed by atoms with Crippen molar-refractivity contribution in [1.29, 1.82) is 0 Å². The first-order chi connectivity index (χ1) is 8.02. The Morgan fingerprint density at radius 1 is 1.41 bits per heavy atom. The van der Waals surface area contributed by atoms with Crippen LogP contribution in [0.3, 0.4) is 0 Å². The molecule has 0 aromatic heterocycles. The Hall–Kier alpha value is -0.420. The van der Waals surface area contributed by atoms with Gasteiger partial charge in [-0.1, -0.05) is 6.42 Å². The molecular formula is C11H19ClN2O2S. The third-order valence-corrected chi connectivity index (χ3v) is 4.19. The summed E-state index contributed by atoms with van der Waals surface area (Å²) in [6, 6.07) is -0.270. The van der Waals surface area contributed by atoms with E-state index in [2.05, 4.69) is 16.9 Å². The van der Waals surface area contributed by atoms with Gasteiger partial charge in [0, 0.05) is 11.3 Å². The molecule has 17 heavy (non-hydrogen) atoms. The second kappa shape index (κ2) is 7.11. The molecule has 0 bridgehead atoms. The minimum atomic E-state index is -0.689. The number of amides is 3. The van der Waals surface area contributed by atoms with Crippen LogP contribution in [0, 0.1) is 0 Å². The van der Waals surface area contributed by atoms with Crippen molar-refractivity contribution in [2.45, 2.75) is 49.3 Å². The van der Waals surface area contributed by atoms with Crippen LogP contribution in [-0.4, -0.2) is 34.9 Å². The zero-order chi connectivity index (χ0) is 12.8. The molecule has 6 heteroatoms. The van der Waals surface area contributed by atoms with Gasteiger partial charge in [-0.05, 0) is 32.4 Å². The molecule has 0 heterocycles. The molecule has 1 aliphatic rings. The molecule has 4 nitrogen and oxygen atoms in total. The fourth-order valence-electron chi connectivity index (χ4n) is 1.92. The van der Waals surface area contributed by atoms with Gasteiger partial charge in [0.15, 0.2) is 0 Å². The van der Waals surface area contributed by atoms with Crippen molar-refractivity contribution >= 4 is 35.3 Å². The van der Waals surface area contributed by atoms with E-state index in [-0.39, 0.29) is 6.04 Å². The predicted molar refractivity (Wildman–Crippen MR) is 71.5 cm³/mol. The second-order valence-corrected chi connectivity index (χ2v) is 6.09. The first kappa shape index (κ1) is 14.6. The Morgan fingerprint density at radius 3 is 2.71 bits per heavy atom. The van der Waals surface area contributed by atoms with Crippen LogP contribution >= 0.6 is 23.4 Å². The molecule has 1 rings (SSSR count). The lowest BCUT2D eigenvalue weighted by Crippen LogP contribution is -2.47. The van der Waals surface area contributed by atoms with Gasteiger partial charge < -0.3 is 5.32 Å². The number of carbonyl (C=O) groups excluding carboxylic acids is 2. The molecule has 98 valence electrons. The molecule has 3 unspecified atom stereocenters. The first-order valence-electron chi connectivity index (χ1n) is 5.81. The lowest BCUT2D eigenvalue weighted by molar-refractivity contribution is -0.119. The third kappa shape index (κ3) is 5.17. The van der Waals surface area contributed by atoms with Crippen molar-refractivity contribution in [3.05, 3.63) is 0 Å². The number of rotatable bonds is 3. The molecule has 3 atom stereocenters. The Bertz CT molecular complexity index is 287. The number of nitrogens with one attached hydrogen (secondary N) is 2. The van der Waals surface area contributed by atoms with Crippen molar-refractivity contribution in [3.8, 4) is 0 Å². The number of thioether (sulfide) groups is 1. The van der Waals surface area contributed by atoms with Crippen LogP contribution in [0.15, 0.2) is 0 Å². The van der Waals surface area contributed by atoms with Crippen LogP contribution in [0.25, 0.3) is 0 Å². The number of urea groups is 1. The summed E-state index contributed by atoms with van der Waals surface area (Å²) in [6.07, 6.45) is 6.37. The van der Waals surface area contributed by atoms with E-state index in [0.717, 1.165) is 19.3 Å². The van der Waals surface area contributed by atoms with Gasteiger partial charge in [-0.2, -0.15) is 11.8 Å². The Morgan fingerprint density at radius 2 is 2.12 bits per heavy atom. The normalized spacial score (nSPS) is 26.1. The first-order valence-corrected chi connectivity index (χ1v) is 7.53. The molecule has 0 radical (unpaired) electrons. The van der Waals surface area contributed by atoms with Crippen molar-refractivity contribution in [2.75, 3.05) is 6.26 Å². The van der Waals surface area contributed by atoms with Crippen LogP contribution in [0.1, 0.15) is 32.6 Å². The molecule has 0 aliphatic heterocycles. The minimum absolute atomic E-state index is 0.166. The van der Waals surface area contributed by atoms with E-state index in [4.69, 9.17) is 11.6 Å². The lowest BCUT2D eigenvalue weighted by Gasteiger charge is -2.28. The highest BCUT2D eigenvalue weighted by Crippen LogP contribution is 2.26.